The number of nitrogens with one attached hydrogen (secondary N) is 1. The number of nitrogens with zero attached hydrogens (tertiary/aromatic N) is 3. The van der Waals surface area contributed by atoms with Crippen molar-refractivity contribution in [3.63, 3.8) is 0 Å². The second kappa shape index (κ2) is 10.1. The Morgan fingerprint density at radius 1 is 0.886 bits per heavy atom. The number of rotatable bonds is 5. The lowest BCUT2D eigenvalue weighted by Gasteiger charge is -2.12. The summed E-state index contributed by atoms with van der Waals surface area (Å²) in [6.07, 6.45) is 0. The standard InChI is InChI=1S/C29H26N4O.ClH/c1-19-11-7-8-14-23(19)18-33-21(3)28(20(2)32-33)31-29(34)25-17-27(22-12-5-4-6-13-22)30-26-16-10-9-15-24(25)26;/h4-17H,18H2,1-3H3,(H,31,34);1H. The summed E-state index contributed by atoms with van der Waals surface area (Å²) >= 11 is 0. The van der Waals surface area contributed by atoms with Crippen LogP contribution in [0.5, 0.6) is 0 Å². The van der Waals surface area contributed by atoms with E-state index in [0.29, 0.717) is 12.1 Å². The Kier molecular flexibility index (Phi) is 6.99. The number of anilines is 1. The van der Waals surface area contributed by atoms with Crippen molar-refractivity contribution >= 4 is 34.9 Å². The van der Waals surface area contributed by atoms with Crippen LogP contribution < -0.4 is 5.32 Å². The molecule has 3 aromatic carbocycles. The molecule has 5 aromatic rings. The van der Waals surface area contributed by atoms with Crippen molar-refractivity contribution in [2.75, 3.05) is 5.32 Å². The third-order valence-electron chi connectivity index (χ3n) is 6.23. The fourth-order valence-corrected chi connectivity index (χ4v) is 4.28. The summed E-state index contributed by atoms with van der Waals surface area (Å²) in [5.41, 5.74) is 8.02. The fraction of sp³-hybridized carbons (Fsp3) is 0.138. The molecule has 2 heterocycles. The second-order valence-corrected chi connectivity index (χ2v) is 8.52. The number of hydrogen-bond acceptors (Lipinski definition) is 3. The quantitative estimate of drug-likeness (QED) is 0.301. The zero-order valence-corrected chi connectivity index (χ0v) is 20.8. The van der Waals surface area contributed by atoms with Gasteiger partial charge in [0.1, 0.15) is 0 Å². The number of carbonyl (C=O) groups excluding carboxylic acids is 1. The van der Waals surface area contributed by atoms with Crippen molar-refractivity contribution in [3.05, 3.63) is 113 Å². The predicted octanol–water partition coefficient (Wildman–Crippen LogP) is 6.75. The maximum absolute atomic E-state index is 13.6. The number of benzene rings is 3. The van der Waals surface area contributed by atoms with E-state index in [9.17, 15) is 4.79 Å². The third-order valence-corrected chi connectivity index (χ3v) is 6.23. The summed E-state index contributed by atoms with van der Waals surface area (Å²) in [5, 5.41) is 8.67. The first-order valence-corrected chi connectivity index (χ1v) is 11.4. The van der Waals surface area contributed by atoms with Gasteiger partial charge in [-0.25, -0.2) is 4.98 Å². The first kappa shape index (κ1) is 24.2. The minimum absolute atomic E-state index is 0. The Bertz CT molecular complexity index is 1510. The minimum Gasteiger partial charge on any atom is -0.319 e. The lowest BCUT2D eigenvalue weighted by Crippen LogP contribution is -2.14. The van der Waals surface area contributed by atoms with Gasteiger partial charge in [0.05, 0.1) is 40.4 Å². The van der Waals surface area contributed by atoms with Crippen LogP contribution in [0.1, 0.15) is 32.9 Å². The lowest BCUT2D eigenvalue weighted by molar-refractivity contribution is 0.102. The van der Waals surface area contributed by atoms with Gasteiger partial charge in [0.15, 0.2) is 0 Å². The zero-order valence-electron chi connectivity index (χ0n) is 19.9. The SMILES string of the molecule is Cc1ccccc1Cn1nc(C)c(NC(=O)c2cc(-c3ccccc3)nc3ccccc23)c1C.Cl. The van der Waals surface area contributed by atoms with Gasteiger partial charge >= 0.3 is 0 Å². The van der Waals surface area contributed by atoms with E-state index in [1.54, 1.807) is 0 Å². The maximum Gasteiger partial charge on any atom is 0.256 e. The number of aromatic nitrogens is 3. The summed E-state index contributed by atoms with van der Waals surface area (Å²) < 4.78 is 1.95. The molecule has 1 amide bonds. The molecule has 0 saturated carbocycles. The van der Waals surface area contributed by atoms with Crippen LogP contribution in [0.3, 0.4) is 0 Å². The molecular weight excluding hydrogens is 456 g/mol. The van der Waals surface area contributed by atoms with E-state index >= 15 is 0 Å². The second-order valence-electron chi connectivity index (χ2n) is 8.52. The van der Waals surface area contributed by atoms with Crippen LogP contribution in [0.2, 0.25) is 0 Å². The molecule has 0 radical (unpaired) electrons. The number of pyridine rings is 1. The molecule has 0 aliphatic heterocycles. The molecule has 176 valence electrons. The molecule has 0 atom stereocenters. The molecule has 0 spiro atoms. The van der Waals surface area contributed by atoms with E-state index in [1.807, 2.05) is 91.3 Å². The van der Waals surface area contributed by atoms with Crippen LogP contribution >= 0.6 is 12.4 Å². The molecule has 0 aliphatic carbocycles. The molecule has 0 saturated heterocycles. The van der Waals surface area contributed by atoms with Crippen LogP contribution in [-0.4, -0.2) is 20.7 Å². The van der Waals surface area contributed by atoms with E-state index in [-0.39, 0.29) is 18.3 Å². The van der Waals surface area contributed by atoms with E-state index in [1.165, 1.54) is 11.1 Å². The molecular formula is C29H27ClN4O. The molecule has 0 aliphatic rings. The Balaban J connectivity index is 0.00000289. The van der Waals surface area contributed by atoms with Crippen molar-refractivity contribution in [1.82, 2.24) is 14.8 Å². The summed E-state index contributed by atoms with van der Waals surface area (Å²) in [4.78, 5) is 18.4. The molecule has 35 heavy (non-hydrogen) atoms. The van der Waals surface area contributed by atoms with E-state index in [4.69, 9.17) is 10.1 Å². The lowest BCUT2D eigenvalue weighted by atomic mass is 10.0. The first-order chi connectivity index (χ1) is 16.5. The monoisotopic (exact) mass is 482 g/mol. The number of aryl methyl sites for hydroxylation is 2. The normalized spacial score (nSPS) is 10.7. The van der Waals surface area contributed by atoms with Gasteiger partial charge in [0.2, 0.25) is 0 Å². The van der Waals surface area contributed by atoms with Crippen molar-refractivity contribution in [3.8, 4) is 11.3 Å². The fourth-order valence-electron chi connectivity index (χ4n) is 4.28. The van der Waals surface area contributed by atoms with Gasteiger partial charge in [-0.15, -0.1) is 12.4 Å². The maximum atomic E-state index is 13.6. The van der Waals surface area contributed by atoms with Crippen LogP contribution in [0.25, 0.3) is 22.2 Å². The minimum atomic E-state index is -0.169. The molecule has 5 rings (SSSR count). The number of para-hydroxylation sites is 1. The Hall–Kier alpha value is -3.96. The van der Waals surface area contributed by atoms with E-state index in [0.717, 1.165) is 39.2 Å². The van der Waals surface area contributed by atoms with Gasteiger partial charge in [-0.2, -0.15) is 5.10 Å². The van der Waals surface area contributed by atoms with Gasteiger partial charge < -0.3 is 5.32 Å². The van der Waals surface area contributed by atoms with Crippen molar-refractivity contribution in [2.24, 2.45) is 0 Å². The smallest absolute Gasteiger partial charge is 0.256 e. The molecule has 0 unspecified atom stereocenters. The zero-order chi connectivity index (χ0) is 23.7. The topological polar surface area (TPSA) is 59.8 Å². The van der Waals surface area contributed by atoms with Crippen LogP contribution in [0.15, 0.2) is 84.9 Å². The van der Waals surface area contributed by atoms with Gasteiger partial charge in [-0.05, 0) is 44.0 Å². The first-order valence-electron chi connectivity index (χ1n) is 11.4. The Labute approximate surface area is 211 Å². The van der Waals surface area contributed by atoms with E-state index < -0.39 is 0 Å². The van der Waals surface area contributed by atoms with Crippen molar-refractivity contribution in [2.45, 2.75) is 27.3 Å². The van der Waals surface area contributed by atoms with Crippen LogP contribution in [0.4, 0.5) is 5.69 Å². The molecule has 0 bridgehead atoms. The van der Waals surface area contributed by atoms with Gasteiger partial charge in [-0.3, -0.25) is 9.48 Å². The van der Waals surface area contributed by atoms with Crippen molar-refractivity contribution in [1.29, 1.82) is 0 Å². The highest BCUT2D eigenvalue weighted by Crippen LogP contribution is 2.27. The van der Waals surface area contributed by atoms with Gasteiger partial charge in [-0.1, -0.05) is 72.8 Å². The molecule has 2 aromatic heterocycles. The highest BCUT2D eigenvalue weighted by atomic mass is 35.5. The number of amides is 1. The predicted molar refractivity (Wildman–Crippen MR) is 144 cm³/mol. The third kappa shape index (κ3) is 4.81. The summed E-state index contributed by atoms with van der Waals surface area (Å²) in [7, 11) is 0. The molecule has 0 fully saturated rings. The molecule has 1 N–H and O–H groups in total. The Morgan fingerprint density at radius 2 is 1.57 bits per heavy atom. The summed E-state index contributed by atoms with van der Waals surface area (Å²) in [6, 6.07) is 27.8. The molecule has 6 heteroatoms. The summed E-state index contributed by atoms with van der Waals surface area (Å²) in [5.74, 6) is -0.169. The average Bonchev–Trinajstić information content (AvgIpc) is 3.12. The number of fused-ring (bicyclic) bond motifs is 1. The largest absolute Gasteiger partial charge is 0.319 e. The van der Waals surface area contributed by atoms with Gasteiger partial charge in [0.25, 0.3) is 5.91 Å². The number of carbonyl (C=O) groups is 1. The highest BCUT2D eigenvalue weighted by Gasteiger charge is 2.19. The van der Waals surface area contributed by atoms with Crippen LogP contribution in [-0.2, 0) is 6.54 Å². The summed E-state index contributed by atoms with van der Waals surface area (Å²) in [6.45, 7) is 6.68. The van der Waals surface area contributed by atoms with E-state index in [2.05, 4.69) is 24.4 Å². The molecule has 5 nitrogen and oxygen atoms in total. The Morgan fingerprint density at radius 3 is 2.34 bits per heavy atom. The highest BCUT2D eigenvalue weighted by molar-refractivity contribution is 6.13. The van der Waals surface area contributed by atoms with Crippen molar-refractivity contribution < 1.29 is 4.79 Å². The average molecular weight is 483 g/mol. The van der Waals surface area contributed by atoms with Gasteiger partial charge in [0, 0.05) is 10.9 Å². The number of hydrogen-bond donors (Lipinski definition) is 1. The number of halogens is 1. The van der Waals surface area contributed by atoms with Crippen LogP contribution in [0, 0.1) is 20.8 Å².